The van der Waals surface area contributed by atoms with Gasteiger partial charge in [-0.2, -0.15) is 0 Å². The summed E-state index contributed by atoms with van der Waals surface area (Å²) in [5.74, 6) is -0.519. The highest BCUT2D eigenvalue weighted by atomic mass is 16.6. The number of hydrogen-bond acceptors (Lipinski definition) is 5. The molecule has 3 rings (SSSR count). The van der Waals surface area contributed by atoms with Gasteiger partial charge < -0.3 is 20.1 Å². The lowest BCUT2D eigenvalue weighted by Crippen LogP contribution is -2.51. The van der Waals surface area contributed by atoms with Crippen LogP contribution in [0, 0.1) is 19.4 Å². The molecule has 2 atom stereocenters. The van der Waals surface area contributed by atoms with Crippen molar-refractivity contribution in [2.75, 3.05) is 12.4 Å². The first kappa shape index (κ1) is 29.8. The van der Waals surface area contributed by atoms with Crippen molar-refractivity contribution in [1.82, 2.24) is 10.2 Å². The lowest BCUT2D eigenvalue weighted by atomic mass is 10.00. The minimum atomic E-state index is -1.18. The third kappa shape index (κ3) is 8.37. The number of nitrogens with zero attached hydrogens (tertiary/aromatic N) is 1. The number of hydrogen-bond donors (Lipinski definition) is 2. The van der Waals surface area contributed by atoms with E-state index in [2.05, 4.69) is 16.7 Å². The fraction of sp³-hybridized carbons (Fsp3) is 0.281. The number of aryl methyl sites for hydroxylation is 1. The first-order valence-corrected chi connectivity index (χ1v) is 12.8. The Morgan fingerprint density at radius 2 is 1.57 bits per heavy atom. The number of carbonyl (C=O) groups is 3. The summed E-state index contributed by atoms with van der Waals surface area (Å²) in [6.07, 6.45) is 5.26. The Labute approximate surface area is 235 Å². The minimum absolute atomic E-state index is 0.137. The average Bonchev–Trinajstić information content (AvgIpc) is 2.91. The summed E-state index contributed by atoms with van der Waals surface area (Å²) < 4.78 is 10.6. The molecule has 8 heteroatoms. The monoisotopic (exact) mass is 541 g/mol. The van der Waals surface area contributed by atoms with E-state index >= 15 is 0 Å². The van der Waals surface area contributed by atoms with Crippen molar-refractivity contribution >= 4 is 23.6 Å². The molecule has 0 saturated heterocycles. The second kappa shape index (κ2) is 13.3. The number of nitrogens with one attached hydrogen (secondary N) is 2. The van der Waals surface area contributed by atoms with Gasteiger partial charge in [-0.05, 0) is 63.1 Å². The van der Waals surface area contributed by atoms with E-state index in [9.17, 15) is 14.4 Å². The van der Waals surface area contributed by atoms with E-state index in [0.717, 1.165) is 16.0 Å². The molecule has 0 aliphatic rings. The maximum Gasteiger partial charge on any atom is 0.408 e. The van der Waals surface area contributed by atoms with Crippen molar-refractivity contribution in [3.8, 4) is 18.2 Å². The highest BCUT2D eigenvalue weighted by molar-refractivity contribution is 5.99. The van der Waals surface area contributed by atoms with Gasteiger partial charge in [-0.15, -0.1) is 0 Å². The summed E-state index contributed by atoms with van der Waals surface area (Å²) in [5, 5.41) is 5.50. The number of terminal acetylenes is 1. The van der Waals surface area contributed by atoms with Crippen molar-refractivity contribution in [2.24, 2.45) is 0 Å². The zero-order valence-electron chi connectivity index (χ0n) is 23.4. The lowest BCUT2D eigenvalue weighted by molar-refractivity contribution is -0.136. The molecular formula is C32H35N3O5. The standard InChI is InChI=1S/C32H35N3O5/c1-7-35(30(37)27(21-23-11-9-8-10-12-23)34-31(38)40-32(3,4)5)28(24-15-13-22(2)14-16-24)29(36)33-25-17-19-26(39-6)20-18-25/h1,8-20,27-28H,21H2,2-6H3,(H,33,36)(H,34,38). The number of benzene rings is 3. The second-order valence-electron chi connectivity index (χ2n) is 10.3. The molecule has 40 heavy (non-hydrogen) atoms. The van der Waals surface area contributed by atoms with Crippen molar-refractivity contribution in [3.05, 3.63) is 95.6 Å². The summed E-state index contributed by atoms with van der Waals surface area (Å²) in [6, 6.07) is 23.3. The summed E-state index contributed by atoms with van der Waals surface area (Å²) >= 11 is 0. The number of ether oxygens (including phenoxy) is 2. The van der Waals surface area contributed by atoms with Gasteiger partial charge in [0.05, 0.1) is 7.11 Å². The van der Waals surface area contributed by atoms with E-state index < -0.39 is 35.6 Å². The minimum Gasteiger partial charge on any atom is -0.497 e. The average molecular weight is 542 g/mol. The largest absolute Gasteiger partial charge is 0.497 e. The van der Waals surface area contributed by atoms with Crippen LogP contribution >= 0.6 is 0 Å². The van der Waals surface area contributed by atoms with Gasteiger partial charge in [0.15, 0.2) is 0 Å². The maximum atomic E-state index is 14.0. The number of rotatable bonds is 9. The summed E-state index contributed by atoms with van der Waals surface area (Å²) in [7, 11) is 1.55. The van der Waals surface area contributed by atoms with Crippen LogP contribution in [0.15, 0.2) is 78.9 Å². The van der Waals surface area contributed by atoms with Crippen molar-refractivity contribution in [3.63, 3.8) is 0 Å². The summed E-state index contributed by atoms with van der Waals surface area (Å²) in [4.78, 5) is 41.5. The Balaban J connectivity index is 1.98. The quantitative estimate of drug-likeness (QED) is 0.285. The molecule has 0 spiro atoms. The molecular weight excluding hydrogens is 506 g/mol. The normalized spacial score (nSPS) is 12.3. The molecule has 0 aliphatic heterocycles. The highest BCUT2D eigenvalue weighted by Crippen LogP contribution is 2.25. The topological polar surface area (TPSA) is 97.0 Å². The van der Waals surface area contributed by atoms with Crippen molar-refractivity contribution < 1.29 is 23.9 Å². The van der Waals surface area contributed by atoms with E-state index in [1.807, 2.05) is 49.4 Å². The molecule has 0 saturated carbocycles. The molecule has 0 aliphatic carbocycles. The Hall–Kier alpha value is -4.77. The van der Waals surface area contributed by atoms with Crippen LogP contribution in [-0.2, 0) is 20.7 Å². The van der Waals surface area contributed by atoms with E-state index in [1.54, 1.807) is 64.3 Å². The third-order valence-corrected chi connectivity index (χ3v) is 5.91. The summed E-state index contributed by atoms with van der Waals surface area (Å²) in [5.41, 5.74) is 2.01. The first-order chi connectivity index (χ1) is 19.0. The van der Waals surface area contributed by atoms with E-state index in [0.29, 0.717) is 17.0 Å². The van der Waals surface area contributed by atoms with Crippen LogP contribution in [0.1, 0.15) is 43.5 Å². The van der Waals surface area contributed by atoms with Gasteiger partial charge in [0, 0.05) is 18.2 Å². The van der Waals surface area contributed by atoms with Gasteiger partial charge in [-0.3, -0.25) is 14.5 Å². The number of methoxy groups -OCH3 is 1. The molecule has 0 radical (unpaired) electrons. The SMILES string of the molecule is C#CN(C(=O)C(Cc1ccccc1)NC(=O)OC(C)(C)C)C(C(=O)Nc1ccc(OC)cc1)c1ccc(C)cc1. The number of amides is 3. The van der Waals surface area contributed by atoms with Crippen LogP contribution < -0.4 is 15.4 Å². The van der Waals surface area contributed by atoms with Crippen LogP contribution in [0.25, 0.3) is 0 Å². The molecule has 0 aromatic heterocycles. The molecule has 0 bridgehead atoms. The predicted octanol–water partition coefficient (Wildman–Crippen LogP) is 5.24. The molecule has 8 nitrogen and oxygen atoms in total. The van der Waals surface area contributed by atoms with Crippen LogP contribution in [-0.4, -0.2) is 41.6 Å². The number of alkyl carbamates (subject to hydrolysis) is 1. The number of carbonyl (C=O) groups excluding carboxylic acids is 3. The summed E-state index contributed by atoms with van der Waals surface area (Å²) in [6.45, 7) is 7.10. The fourth-order valence-electron chi connectivity index (χ4n) is 3.98. The highest BCUT2D eigenvalue weighted by Gasteiger charge is 2.36. The Kier molecular flexibility index (Phi) is 9.93. The maximum absolute atomic E-state index is 14.0. The fourth-order valence-corrected chi connectivity index (χ4v) is 3.98. The molecule has 0 fully saturated rings. The molecule has 0 heterocycles. The first-order valence-electron chi connectivity index (χ1n) is 12.8. The zero-order valence-corrected chi connectivity index (χ0v) is 23.4. The van der Waals surface area contributed by atoms with Crippen LogP contribution in [0.4, 0.5) is 10.5 Å². The van der Waals surface area contributed by atoms with E-state index in [4.69, 9.17) is 15.9 Å². The Bertz CT molecular complexity index is 1340. The Morgan fingerprint density at radius 3 is 2.12 bits per heavy atom. The smallest absolute Gasteiger partial charge is 0.408 e. The van der Waals surface area contributed by atoms with Gasteiger partial charge in [0.2, 0.25) is 0 Å². The number of anilines is 1. The molecule has 3 aromatic carbocycles. The molecule has 2 unspecified atom stereocenters. The molecule has 2 N–H and O–H groups in total. The molecule has 208 valence electrons. The van der Waals surface area contributed by atoms with Crippen LogP contribution in [0.5, 0.6) is 5.75 Å². The van der Waals surface area contributed by atoms with Crippen molar-refractivity contribution in [2.45, 2.75) is 51.8 Å². The lowest BCUT2D eigenvalue weighted by Gasteiger charge is -2.30. The van der Waals surface area contributed by atoms with Crippen LogP contribution in [0.3, 0.4) is 0 Å². The third-order valence-electron chi connectivity index (χ3n) is 5.91. The van der Waals surface area contributed by atoms with Gasteiger partial charge in [-0.25, -0.2) is 4.79 Å². The predicted molar refractivity (Wildman–Crippen MR) is 155 cm³/mol. The van der Waals surface area contributed by atoms with E-state index in [-0.39, 0.29) is 6.42 Å². The Morgan fingerprint density at radius 1 is 0.950 bits per heavy atom. The molecule has 3 amide bonds. The van der Waals surface area contributed by atoms with Gasteiger partial charge in [0.25, 0.3) is 11.8 Å². The van der Waals surface area contributed by atoms with Gasteiger partial charge >= 0.3 is 6.09 Å². The van der Waals surface area contributed by atoms with Gasteiger partial charge in [0.1, 0.15) is 23.4 Å². The molecule has 3 aromatic rings. The van der Waals surface area contributed by atoms with Gasteiger partial charge in [-0.1, -0.05) is 66.6 Å². The second-order valence-corrected chi connectivity index (χ2v) is 10.3. The zero-order chi connectivity index (χ0) is 29.3. The van der Waals surface area contributed by atoms with Crippen LogP contribution in [0.2, 0.25) is 0 Å². The van der Waals surface area contributed by atoms with Crippen molar-refractivity contribution in [1.29, 1.82) is 0 Å². The van der Waals surface area contributed by atoms with E-state index in [1.165, 1.54) is 0 Å².